The van der Waals surface area contributed by atoms with Crippen LogP contribution in [0.5, 0.6) is 11.5 Å². The lowest BCUT2D eigenvalue weighted by Crippen LogP contribution is -2.17. The van der Waals surface area contributed by atoms with E-state index < -0.39 is 0 Å². The van der Waals surface area contributed by atoms with Crippen molar-refractivity contribution in [1.29, 1.82) is 0 Å². The molecule has 0 atom stereocenters. The molecule has 142 valence electrons. The van der Waals surface area contributed by atoms with E-state index in [0.717, 1.165) is 16.9 Å². The molecule has 28 heavy (non-hydrogen) atoms. The SMILES string of the molecule is COc1ccc(C(=O)N/N=C\c2ccc(OCc3ccc(C)cc3)cc2)cc1. The van der Waals surface area contributed by atoms with E-state index >= 15 is 0 Å². The Bertz CT molecular complexity index is 931. The molecule has 1 amide bonds. The number of hydrogen-bond acceptors (Lipinski definition) is 4. The number of nitrogens with zero attached hydrogens (tertiary/aromatic N) is 1. The van der Waals surface area contributed by atoms with Crippen molar-refractivity contribution in [3.8, 4) is 11.5 Å². The van der Waals surface area contributed by atoms with Crippen LogP contribution in [0.4, 0.5) is 0 Å². The molecule has 3 aromatic rings. The molecule has 0 heterocycles. The van der Waals surface area contributed by atoms with E-state index in [0.29, 0.717) is 17.9 Å². The van der Waals surface area contributed by atoms with E-state index in [9.17, 15) is 4.79 Å². The van der Waals surface area contributed by atoms with Gasteiger partial charge in [0.15, 0.2) is 0 Å². The van der Waals surface area contributed by atoms with Crippen LogP contribution in [0.2, 0.25) is 0 Å². The number of ether oxygens (including phenoxy) is 2. The van der Waals surface area contributed by atoms with Crippen LogP contribution in [0.1, 0.15) is 27.0 Å². The summed E-state index contributed by atoms with van der Waals surface area (Å²) in [5.41, 5.74) is 6.23. The van der Waals surface area contributed by atoms with Crippen LogP contribution in [0.25, 0.3) is 0 Å². The molecule has 1 N–H and O–H groups in total. The van der Waals surface area contributed by atoms with Gasteiger partial charge in [-0.2, -0.15) is 5.10 Å². The largest absolute Gasteiger partial charge is 0.497 e. The van der Waals surface area contributed by atoms with Gasteiger partial charge in [0.25, 0.3) is 5.91 Å². The van der Waals surface area contributed by atoms with Crippen LogP contribution in [-0.4, -0.2) is 19.2 Å². The summed E-state index contributed by atoms with van der Waals surface area (Å²) in [5, 5.41) is 4.00. The molecule has 0 fully saturated rings. The number of nitrogens with one attached hydrogen (secondary N) is 1. The lowest BCUT2D eigenvalue weighted by atomic mass is 10.2. The number of rotatable bonds is 7. The zero-order valence-electron chi connectivity index (χ0n) is 15.9. The molecule has 5 nitrogen and oxygen atoms in total. The van der Waals surface area contributed by atoms with Crippen molar-refractivity contribution in [2.45, 2.75) is 13.5 Å². The van der Waals surface area contributed by atoms with Crippen molar-refractivity contribution >= 4 is 12.1 Å². The first-order valence-corrected chi connectivity index (χ1v) is 8.90. The molecule has 0 aliphatic carbocycles. The number of methoxy groups -OCH3 is 1. The minimum Gasteiger partial charge on any atom is -0.497 e. The minimum atomic E-state index is -0.281. The smallest absolute Gasteiger partial charge is 0.271 e. The lowest BCUT2D eigenvalue weighted by molar-refractivity contribution is 0.0955. The molecule has 5 heteroatoms. The van der Waals surface area contributed by atoms with Crippen LogP contribution in [0.3, 0.4) is 0 Å². The average molecular weight is 374 g/mol. The van der Waals surface area contributed by atoms with Crippen molar-refractivity contribution in [1.82, 2.24) is 5.43 Å². The minimum absolute atomic E-state index is 0.281. The molecule has 0 saturated heterocycles. The Morgan fingerprint density at radius 2 is 1.57 bits per heavy atom. The molecule has 0 aromatic heterocycles. The maximum atomic E-state index is 12.0. The van der Waals surface area contributed by atoms with Crippen molar-refractivity contribution < 1.29 is 14.3 Å². The standard InChI is InChI=1S/C23H22N2O3/c1-17-3-5-19(6-4-17)16-28-22-11-7-18(8-12-22)15-24-25-23(26)20-9-13-21(27-2)14-10-20/h3-15H,16H2,1-2H3,(H,25,26)/b24-15-. The van der Waals surface area contributed by atoms with Crippen LogP contribution in [-0.2, 0) is 6.61 Å². The average Bonchev–Trinajstić information content (AvgIpc) is 2.74. The molecule has 0 spiro atoms. The highest BCUT2D eigenvalue weighted by Crippen LogP contribution is 2.14. The number of carbonyl (C=O) groups is 1. The Labute approximate surface area is 164 Å². The number of amides is 1. The van der Waals surface area contributed by atoms with Gasteiger partial charge in [-0.1, -0.05) is 29.8 Å². The van der Waals surface area contributed by atoms with Crippen molar-refractivity contribution in [2.24, 2.45) is 5.10 Å². The highest BCUT2D eigenvalue weighted by atomic mass is 16.5. The van der Waals surface area contributed by atoms with E-state index in [-0.39, 0.29) is 5.91 Å². The molecule has 0 bridgehead atoms. The molecular formula is C23H22N2O3. The highest BCUT2D eigenvalue weighted by Gasteiger charge is 2.03. The second kappa shape index (κ2) is 9.37. The maximum absolute atomic E-state index is 12.0. The summed E-state index contributed by atoms with van der Waals surface area (Å²) >= 11 is 0. The Kier molecular flexibility index (Phi) is 6.41. The normalized spacial score (nSPS) is 10.6. The van der Waals surface area contributed by atoms with Crippen LogP contribution < -0.4 is 14.9 Å². The third kappa shape index (κ3) is 5.45. The van der Waals surface area contributed by atoms with E-state index in [1.54, 1.807) is 37.6 Å². The first-order chi connectivity index (χ1) is 13.6. The second-order valence-electron chi connectivity index (χ2n) is 6.27. The third-order valence-corrected chi connectivity index (χ3v) is 4.14. The fraction of sp³-hybridized carbons (Fsp3) is 0.130. The zero-order chi connectivity index (χ0) is 19.8. The number of benzene rings is 3. The molecule has 0 saturated carbocycles. The summed E-state index contributed by atoms with van der Waals surface area (Å²) < 4.78 is 10.9. The van der Waals surface area contributed by atoms with E-state index in [1.165, 1.54) is 5.56 Å². The predicted molar refractivity (Wildman–Crippen MR) is 110 cm³/mol. The lowest BCUT2D eigenvalue weighted by Gasteiger charge is -2.07. The fourth-order valence-corrected chi connectivity index (χ4v) is 2.47. The van der Waals surface area contributed by atoms with Crippen molar-refractivity contribution in [3.63, 3.8) is 0 Å². The molecular weight excluding hydrogens is 352 g/mol. The Hall–Kier alpha value is -3.60. The van der Waals surface area contributed by atoms with Crippen molar-refractivity contribution in [3.05, 3.63) is 95.1 Å². The van der Waals surface area contributed by atoms with Gasteiger partial charge in [-0.15, -0.1) is 0 Å². The van der Waals surface area contributed by atoms with Crippen molar-refractivity contribution in [2.75, 3.05) is 7.11 Å². The topological polar surface area (TPSA) is 59.9 Å². The van der Waals surface area contributed by atoms with Crippen LogP contribution >= 0.6 is 0 Å². The third-order valence-electron chi connectivity index (χ3n) is 4.14. The van der Waals surface area contributed by atoms with E-state index in [1.807, 2.05) is 24.3 Å². The van der Waals surface area contributed by atoms with Gasteiger partial charge in [-0.25, -0.2) is 5.43 Å². The Morgan fingerprint density at radius 1 is 0.929 bits per heavy atom. The fourth-order valence-electron chi connectivity index (χ4n) is 2.47. The summed E-state index contributed by atoms with van der Waals surface area (Å²) in [6.07, 6.45) is 1.59. The molecule has 0 aliphatic heterocycles. The maximum Gasteiger partial charge on any atom is 0.271 e. The highest BCUT2D eigenvalue weighted by molar-refractivity contribution is 5.95. The summed E-state index contributed by atoms with van der Waals surface area (Å²) in [5.74, 6) is 1.20. The Morgan fingerprint density at radius 3 is 2.21 bits per heavy atom. The van der Waals surface area contributed by atoms with E-state index in [4.69, 9.17) is 9.47 Å². The summed E-state index contributed by atoms with van der Waals surface area (Å²) in [6, 6.07) is 22.6. The Balaban J connectivity index is 1.50. The van der Waals surface area contributed by atoms with Gasteiger partial charge in [0.1, 0.15) is 18.1 Å². The number of hydrazone groups is 1. The summed E-state index contributed by atoms with van der Waals surface area (Å²) in [4.78, 5) is 12.0. The van der Waals surface area contributed by atoms with Gasteiger partial charge in [0, 0.05) is 5.56 Å². The van der Waals surface area contributed by atoms with Gasteiger partial charge < -0.3 is 9.47 Å². The first kappa shape index (κ1) is 19.2. The van der Waals surface area contributed by atoms with Gasteiger partial charge >= 0.3 is 0 Å². The first-order valence-electron chi connectivity index (χ1n) is 8.90. The molecule has 0 aliphatic rings. The predicted octanol–water partition coefficient (Wildman–Crippen LogP) is 4.35. The van der Waals surface area contributed by atoms with Gasteiger partial charge in [-0.05, 0) is 66.6 Å². The van der Waals surface area contributed by atoms with Gasteiger partial charge in [0.2, 0.25) is 0 Å². The van der Waals surface area contributed by atoms with Crippen LogP contribution in [0.15, 0.2) is 77.9 Å². The number of aryl methyl sites for hydroxylation is 1. The second-order valence-corrected chi connectivity index (χ2v) is 6.27. The summed E-state index contributed by atoms with van der Waals surface area (Å²) in [7, 11) is 1.58. The number of hydrogen-bond donors (Lipinski definition) is 1. The monoisotopic (exact) mass is 374 g/mol. The summed E-state index contributed by atoms with van der Waals surface area (Å²) in [6.45, 7) is 2.58. The zero-order valence-corrected chi connectivity index (χ0v) is 15.9. The molecule has 0 radical (unpaired) electrons. The molecule has 3 rings (SSSR count). The van der Waals surface area contributed by atoms with Gasteiger partial charge in [0.05, 0.1) is 13.3 Å². The number of carbonyl (C=O) groups excluding carboxylic acids is 1. The molecule has 3 aromatic carbocycles. The van der Waals surface area contributed by atoms with E-state index in [2.05, 4.69) is 41.7 Å². The quantitative estimate of drug-likeness (QED) is 0.494. The van der Waals surface area contributed by atoms with Gasteiger partial charge in [-0.3, -0.25) is 4.79 Å². The van der Waals surface area contributed by atoms with Crippen LogP contribution in [0, 0.1) is 6.92 Å². The molecule has 0 unspecified atom stereocenters.